The molecule has 2 unspecified atom stereocenters. The molecule has 170 valence electrons. The number of amidine groups is 1. The summed E-state index contributed by atoms with van der Waals surface area (Å²) >= 11 is 0. The number of nitrogens with two attached hydrogens (primary N) is 1. The molecule has 10 heteroatoms. The summed E-state index contributed by atoms with van der Waals surface area (Å²) in [7, 11) is 0. The van der Waals surface area contributed by atoms with Crippen molar-refractivity contribution in [2.75, 3.05) is 25.0 Å². The fourth-order valence-corrected chi connectivity index (χ4v) is 4.37. The van der Waals surface area contributed by atoms with Crippen LogP contribution in [0.4, 0.5) is 23.2 Å². The molecule has 2 aromatic rings. The van der Waals surface area contributed by atoms with Crippen LogP contribution in [-0.2, 0) is 4.79 Å². The average molecular weight is 449 g/mol. The Labute approximate surface area is 182 Å². The first kappa shape index (κ1) is 22.1. The third-order valence-electron chi connectivity index (χ3n) is 5.94. The number of carbonyl (C=O) groups excluding carboxylic acids is 1. The maximum atomic E-state index is 13.8. The van der Waals surface area contributed by atoms with E-state index in [2.05, 4.69) is 5.32 Å². The molecule has 0 bridgehead atoms. The predicted octanol–water partition coefficient (Wildman–Crippen LogP) is 3.02. The van der Waals surface area contributed by atoms with Crippen molar-refractivity contribution in [1.82, 2.24) is 9.80 Å². The number of nitrogens with zero attached hydrogens (tertiary/aromatic N) is 3. The van der Waals surface area contributed by atoms with Crippen LogP contribution in [0.2, 0.25) is 0 Å². The summed E-state index contributed by atoms with van der Waals surface area (Å²) in [6, 6.07) is 6.94. The molecule has 2 aliphatic heterocycles. The van der Waals surface area contributed by atoms with Crippen LogP contribution in [0.25, 0.3) is 0 Å². The van der Waals surface area contributed by atoms with Crippen molar-refractivity contribution in [2.45, 2.75) is 31.6 Å². The van der Waals surface area contributed by atoms with Gasteiger partial charge in [0.2, 0.25) is 5.91 Å². The zero-order valence-corrected chi connectivity index (χ0v) is 17.6. The zero-order valence-electron chi connectivity index (χ0n) is 17.6. The van der Waals surface area contributed by atoms with E-state index in [0.717, 1.165) is 12.1 Å². The Balaban J connectivity index is 1.75. The first-order chi connectivity index (χ1) is 15.1. The van der Waals surface area contributed by atoms with Gasteiger partial charge in [0.05, 0.1) is 12.1 Å². The van der Waals surface area contributed by atoms with E-state index in [1.807, 2.05) is 18.7 Å². The molecule has 1 saturated heterocycles. The van der Waals surface area contributed by atoms with Gasteiger partial charge >= 0.3 is 0 Å². The van der Waals surface area contributed by atoms with Gasteiger partial charge in [-0.1, -0.05) is 12.1 Å². The van der Waals surface area contributed by atoms with E-state index in [1.165, 1.54) is 12.1 Å². The standard InChI is InChI=1S/C22H23F4N5O/c1-22(2)21-29-19(12-3-5-13(23)6-4-12)20(30(21)7-8-31(22)17(32)11-27)28-14-9-15(24)18(26)16(25)10-14/h3-6,9-10,19-20,28H,7-8,11,27H2,1-2H3. The number of rotatable bonds is 4. The van der Waals surface area contributed by atoms with Gasteiger partial charge in [-0.2, -0.15) is 0 Å². The lowest BCUT2D eigenvalue weighted by Crippen LogP contribution is -2.66. The van der Waals surface area contributed by atoms with Crippen molar-refractivity contribution >= 4 is 17.4 Å². The Hall–Kier alpha value is -3.14. The van der Waals surface area contributed by atoms with Crippen LogP contribution >= 0.6 is 0 Å². The van der Waals surface area contributed by atoms with Crippen LogP contribution < -0.4 is 11.1 Å². The number of benzene rings is 2. The lowest BCUT2D eigenvalue weighted by Gasteiger charge is -2.48. The molecular weight excluding hydrogens is 426 g/mol. The minimum atomic E-state index is -1.55. The molecule has 2 aromatic carbocycles. The van der Waals surface area contributed by atoms with Crippen LogP contribution in [0.3, 0.4) is 0 Å². The van der Waals surface area contributed by atoms with E-state index in [0.29, 0.717) is 24.5 Å². The molecule has 0 radical (unpaired) electrons. The van der Waals surface area contributed by atoms with E-state index in [-0.39, 0.29) is 18.1 Å². The highest BCUT2D eigenvalue weighted by atomic mass is 19.2. The maximum Gasteiger partial charge on any atom is 0.237 e. The van der Waals surface area contributed by atoms with E-state index in [4.69, 9.17) is 10.7 Å². The van der Waals surface area contributed by atoms with Crippen molar-refractivity contribution in [3.05, 3.63) is 65.2 Å². The van der Waals surface area contributed by atoms with Gasteiger partial charge in [0, 0.05) is 30.9 Å². The number of aliphatic imine (C=N–C) groups is 1. The van der Waals surface area contributed by atoms with Gasteiger partial charge in [-0.15, -0.1) is 0 Å². The number of hydrogen-bond acceptors (Lipinski definition) is 5. The quantitative estimate of drug-likeness (QED) is 0.556. The van der Waals surface area contributed by atoms with Gasteiger partial charge in [0.1, 0.15) is 23.9 Å². The Morgan fingerprint density at radius 3 is 2.34 bits per heavy atom. The molecule has 2 aliphatic rings. The molecule has 0 aliphatic carbocycles. The van der Waals surface area contributed by atoms with Crippen molar-refractivity contribution in [3.8, 4) is 0 Å². The van der Waals surface area contributed by atoms with Crippen molar-refractivity contribution < 1.29 is 22.4 Å². The molecule has 0 aromatic heterocycles. The summed E-state index contributed by atoms with van der Waals surface area (Å²) in [5.74, 6) is -4.24. The lowest BCUT2D eigenvalue weighted by atomic mass is 9.96. The number of fused-ring (bicyclic) bond motifs is 1. The van der Waals surface area contributed by atoms with Gasteiger partial charge in [-0.3, -0.25) is 9.79 Å². The number of piperazine rings is 1. The number of halogens is 4. The van der Waals surface area contributed by atoms with E-state index < -0.39 is 41.0 Å². The average Bonchev–Trinajstić information content (AvgIpc) is 3.11. The van der Waals surface area contributed by atoms with Gasteiger partial charge in [0.15, 0.2) is 17.5 Å². The predicted molar refractivity (Wildman–Crippen MR) is 112 cm³/mol. The van der Waals surface area contributed by atoms with E-state index in [9.17, 15) is 22.4 Å². The van der Waals surface area contributed by atoms with E-state index >= 15 is 0 Å². The topological polar surface area (TPSA) is 74.0 Å². The van der Waals surface area contributed by atoms with Crippen molar-refractivity contribution in [1.29, 1.82) is 0 Å². The highest BCUT2D eigenvalue weighted by Gasteiger charge is 2.49. The third-order valence-corrected chi connectivity index (χ3v) is 5.94. The molecule has 6 nitrogen and oxygen atoms in total. The number of nitrogens with one attached hydrogen (secondary N) is 1. The molecular formula is C22H23F4N5O. The van der Waals surface area contributed by atoms with Crippen molar-refractivity contribution in [2.24, 2.45) is 10.7 Å². The first-order valence-electron chi connectivity index (χ1n) is 10.2. The SMILES string of the molecule is CC1(C)C2=NC(c3ccc(F)cc3)C(Nc3cc(F)c(F)c(F)c3)N2CCN1C(=O)CN. The Morgan fingerprint density at radius 1 is 1.12 bits per heavy atom. The molecule has 1 amide bonds. The fourth-order valence-electron chi connectivity index (χ4n) is 4.37. The van der Waals surface area contributed by atoms with Crippen LogP contribution in [0, 0.1) is 23.3 Å². The van der Waals surface area contributed by atoms with Gasteiger partial charge in [0.25, 0.3) is 0 Å². The molecule has 4 rings (SSSR count). The summed E-state index contributed by atoms with van der Waals surface area (Å²) in [4.78, 5) is 20.8. The second-order valence-corrected chi connectivity index (χ2v) is 8.29. The lowest BCUT2D eigenvalue weighted by molar-refractivity contribution is -0.134. The van der Waals surface area contributed by atoms with Gasteiger partial charge in [-0.05, 0) is 31.5 Å². The summed E-state index contributed by atoms with van der Waals surface area (Å²) in [5.41, 5.74) is 5.47. The van der Waals surface area contributed by atoms with Gasteiger partial charge < -0.3 is 20.9 Å². The Bertz CT molecular complexity index is 1050. The van der Waals surface area contributed by atoms with Crippen LogP contribution in [0.5, 0.6) is 0 Å². The molecule has 0 spiro atoms. The molecule has 32 heavy (non-hydrogen) atoms. The molecule has 1 fully saturated rings. The first-order valence-corrected chi connectivity index (χ1v) is 10.2. The maximum absolute atomic E-state index is 13.8. The minimum Gasteiger partial charge on any atom is -0.363 e. The second-order valence-electron chi connectivity index (χ2n) is 8.29. The van der Waals surface area contributed by atoms with Crippen LogP contribution in [-0.4, -0.2) is 52.9 Å². The van der Waals surface area contributed by atoms with Crippen LogP contribution in [0.1, 0.15) is 25.5 Å². The van der Waals surface area contributed by atoms with Crippen LogP contribution in [0.15, 0.2) is 41.4 Å². The largest absolute Gasteiger partial charge is 0.363 e. The zero-order chi connectivity index (χ0) is 23.2. The fraction of sp³-hybridized carbons (Fsp3) is 0.364. The molecule has 0 saturated carbocycles. The molecule has 2 heterocycles. The highest BCUT2D eigenvalue weighted by molar-refractivity contribution is 5.97. The minimum absolute atomic E-state index is 0.0354. The number of anilines is 1. The third kappa shape index (κ3) is 3.68. The number of carbonyl (C=O) groups is 1. The Morgan fingerprint density at radius 2 is 1.75 bits per heavy atom. The summed E-state index contributed by atoms with van der Waals surface area (Å²) in [6.45, 7) is 4.28. The van der Waals surface area contributed by atoms with Gasteiger partial charge in [-0.25, -0.2) is 17.6 Å². The molecule has 2 atom stereocenters. The highest BCUT2D eigenvalue weighted by Crippen LogP contribution is 2.39. The van der Waals surface area contributed by atoms with E-state index in [1.54, 1.807) is 17.0 Å². The Kier molecular flexibility index (Phi) is 5.58. The number of hydrogen-bond donors (Lipinski definition) is 2. The molecule has 3 N–H and O–H groups in total. The normalized spacial score (nSPS) is 21.9. The smallest absolute Gasteiger partial charge is 0.237 e. The summed E-state index contributed by atoms with van der Waals surface area (Å²) < 4.78 is 54.6. The summed E-state index contributed by atoms with van der Waals surface area (Å²) in [6.07, 6.45) is -0.603. The van der Waals surface area contributed by atoms with Crippen molar-refractivity contribution in [3.63, 3.8) is 0 Å². The second kappa shape index (κ2) is 8.09. The number of amides is 1. The monoisotopic (exact) mass is 449 g/mol. The summed E-state index contributed by atoms with van der Waals surface area (Å²) in [5, 5.41) is 3.05.